The highest BCUT2D eigenvalue weighted by atomic mass is 32.2. The van der Waals surface area contributed by atoms with Crippen molar-refractivity contribution >= 4 is 17.7 Å². The molecule has 0 aliphatic carbocycles. The van der Waals surface area contributed by atoms with Gasteiger partial charge >= 0.3 is 0 Å². The Hall–Kier alpha value is -0.260. The molecule has 94 valence electrons. The van der Waals surface area contributed by atoms with Crippen molar-refractivity contribution in [1.29, 1.82) is 0 Å². The van der Waals surface area contributed by atoms with Crippen molar-refractivity contribution in [3.63, 3.8) is 0 Å². The van der Waals surface area contributed by atoms with E-state index in [1.807, 2.05) is 18.7 Å². The van der Waals surface area contributed by atoms with Crippen molar-refractivity contribution in [3.05, 3.63) is 0 Å². The predicted octanol–water partition coefficient (Wildman–Crippen LogP) is 0.168. The maximum atomic E-state index is 12.0. The van der Waals surface area contributed by atoms with Crippen LogP contribution >= 0.6 is 11.8 Å². The number of piperazine rings is 1. The van der Waals surface area contributed by atoms with E-state index in [0.717, 1.165) is 31.9 Å². The molecule has 4 nitrogen and oxygen atoms in total. The summed E-state index contributed by atoms with van der Waals surface area (Å²) in [6, 6.07) is 0. The zero-order chi connectivity index (χ0) is 12.0. The Labute approximate surface area is 102 Å². The summed E-state index contributed by atoms with van der Waals surface area (Å²) >= 11 is 1.64. The third kappa shape index (κ3) is 4.31. The summed E-state index contributed by atoms with van der Waals surface area (Å²) in [6.07, 6.45) is 0. The monoisotopic (exact) mass is 246 g/mol. The molecule has 1 aliphatic heterocycles. The molecule has 0 radical (unpaired) electrons. The fourth-order valence-electron chi connectivity index (χ4n) is 1.57. The van der Waals surface area contributed by atoms with Crippen molar-refractivity contribution in [2.75, 3.05) is 38.5 Å². The van der Waals surface area contributed by atoms with Crippen LogP contribution in [0, 0.1) is 5.92 Å². The Balaban J connectivity index is 2.29. The van der Waals surface area contributed by atoms with Gasteiger partial charge in [0.15, 0.2) is 0 Å². The van der Waals surface area contributed by atoms with E-state index in [2.05, 4.69) is 5.32 Å². The van der Waals surface area contributed by atoms with Gasteiger partial charge in [-0.15, -0.1) is 11.8 Å². The summed E-state index contributed by atoms with van der Waals surface area (Å²) in [5, 5.41) is 12.2. The maximum absolute atomic E-state index is 12.0. The van der Waals surface area contributed by atoms with Crippen LogP contribution < -0.4 is 5.32 Å². The Morgan fingerprint density at radius 3 is 2.62 bits per heavy atom. The van der Waals surface area contributed by atoms with Gasteiger partial charge in [0.1, 0.15) is 0 Å². The van der Waals surface area contributed by atoms with Gasteiger partial charge in [-0.25, -0.2) is 0 Å². The average molecular weight is 246 g/mol. The summed E-state index contributed by atoms with van der Waals surface area (Å²) in [7, 11) is 0. The first-order valence-corrected chi connectivity index (χ1v) is 6.92. The molecule has 1 rings (SSSR count). The second kappa shape index (κ2) is 7.14. The summed E-state index contributed by atoms with van der Waals surface area (Å²) in [6.45, 7) is 7.58. The van der Waals surface area contributed by atoms with Gasteiger partial charge in [-0.1, -0.05) is 6.92 Å². The van der Waals surface area contributed by atoms with E-state index in [4.69, 9.17) is 5.11 Å². The normalized spacial score (nSPS) is 20.6. The molecule has 0 bridgehead atoms. The van der Waals surface area contributed by atoms with Crippen molar-refractivity contribution in [1.82, 2.24) is 10.2 Å². The largest absolute Gasteiger partial charge is 0.396 e. The number of hydrogen-bond donors (Lipinski definition) is 2. The number of carbonyl (C=O) groups excluding carboxylic acids is 1. The molecule has 16 heavy (non-hydrogen) atoms. The van der Waals surface area contributed by atoms with Gasteiger partial charge < -0.3 is 15.3 Å². The minimum Gasteiger partial charge on any atom is -0.396 e. The van der Waals surface area contributed by atoms with E-state index in [0.29, 0.717) is 0 Å². The molecule has 0 aromatic carbocycles. The van der Waals surface area contributed by atoms with Gasteiger partial charge in [0, 0.05) is 32.8 Å². The topological polar surface area (TPSA) is 52.6 Å². The second-order valence-electron chi connectivity index (χ2n) is 4.34. The Kier molecular flexibility index (Phi) is 6.16. The highest BCUT2D eigenvalue weighted by Gasteiger charge is 2.22. The van der Waals surface area contributed by atoms with Gasteiger partial charge in [0.25, 0.3) is 0 Å². The second-order valence-corrected chi connectivity index (χ2v) is 5.71. The fraction of sp³-hybridized carbons (Fsp3) is 0.909. The SMILES string of the molecule is CC(CO)CSC(C)C(=O)N1CCNCC1. The van der Waals surface area contributed by atoms with E-state index >= 15 is 0 Å². The molecule has 1 aliphatic rings. The molecule has 2 N–H and O–H groups in total. The van der Waals surface area contributed by atoms with Crippen LogP contribution in [0.25, 0.3) is 0 Å². The van der Waals surface area contributed by atoms with Gasteiger partial charge in [0.2, 0.25) is 5.91 Å². The number of amides is 1. The van der Waals surface area contributed by atoms with E-state index < -0.39 is 0 Å². The predicted molar refractivity (Wildman–Crippen MR) is 67.6 cm³/mol. The highest BCUT2D eigenvalue weighted by Crippen LogP contribution is 2.17. The average Bonchev–Trinajstić information content (AvgIpc) is 2.35. The van der Waals surface area contributed by atoms with Gasteiger partial charge in [-0.05, 0) is 18.6 Å². The first-order valence-electron chi connectivity index (χ1n) is 5.87. The minimum absolute atomic E-state index is 0.00657. The number of rotatable bonds is 5. The number of carbonyl (C=O) groups is 1. The van der Waals surface area contributed by atoms with Crippen molar-refractivity contribution in [3.8, 4) is 0 Å². The van der Waals surface area contributed by atoms with Crippen LogP contribution in [0.2, 0.25) is 0 Å². The molecular formula is C11H22N2O2S. The quantitative estimate of drug-likeness (QED) is 0.726. The highest BCUT2D eigenvalue weighted by molar-refractivity contribution is 8.00. The molecule has 2 unspecified atom stereocenters. The molecular weight excluding hydrogens is 224 g/mol. The molecule has 0 saturated carbocycles. The van der Waals surface area contributed by atoms with E-state index in [1.165, 1.54) is 0 Å². The first-order chi connectivity index (χ1) is 7.65. The third-order valence-corrected chi connectivity index (χ3v) is 4.18. The molecule has 0 spiro atoms. The number of aliphatic hydroxyl groups is 1. The number of nitrogens with zero attached hydrogens (tertiary/aromatic N) is 1. The standard InChI is InChI=1S/C11H22N2O2S/c1-9(7-14)8-16-10(2)11(15)13-5-3-12-4-6-13/h9-10,12,14H,3-8H2,1-2H3. The number of aliphatic hydroxyl groups excluding tert-OH is 1. The van der Waals surface area contributed by atoms with Crippen molar-refractivity contribution < 1.29 is 9.90 Å². The lowest BCUT2D eigenvalue weighted by Crippen LogP contribution is -2.48. The first kappa shape index (κ1) is 13.8. The van der Waals surface area contributed by atoms with Crippen LogP contribution in [-0.4, -0.2) is 59.7 Å². The zero-order valence-corrected chi connectivity index (χ0v) is 10.9. The molecule has 0 aromatic heterocycles. The summed E-state index contributed by atoms with van der Waals surface area (Å²) in [5.74, 6) is 1.34. The lowest BCUT2D eigenvalue weighted by atomic mass is 10.2. The van der Waals surface area contributed by atoms with E-state index in [9.17, 15) is 4.79 Å². The number of nitrogens with one attached hydrogen (secondary N) is 1. The third-order valence-electron chi connectivity index (χ3n) is 2.72. The lowest BCUT2D eigenvalue weighted by Gasteiger charge is -2.29. The van der Waals surface area contributed by atoms with E-state index in [-0.39, 0.29) is 23.7 Å². The number of thioether (sulfide) groups is 1. The lowest BCUT2D eigenvalue weighted by molar-refractivity contribution is -0.130. The molecule has 1 saturated heterocycles. The van der Waals surface area contributed by atoms with Crippen LogP contribution in [0.1, 0.15) is 13.8 Å². The Bertz CT molecular complexity index is 220. The van der Waals surface area contributed by atoms with Crippen LogP contribution in [-0.2, 0) is 4.79 Å². The van der Waals surface area contributed by atoms with Crippen LogP contribution in [0.3, 0.4) is 0 Å². The maximum Gasteiger partial charge on any atom is 0.235 e. The van der Waals surface area contributed by atoms with Crippen LogP contribution in [0.4, 0.5) is 0 Å². The Morgan fingerprint density at radius 1 is 1.44 bits per heavy atom. The summed E-state index contributed by atoms with van der Waals surface area (Å²) in [5.41, 5.74) is 0. The van der Waals surface area contributed by atoms with E-state index in [1.54, 1.807) is 11.8 Å². The molecule has 2 atom stereocenters. The van der Waals surface area contributed by atoms with Crippen LogP contribution in [0.15, 0.2) is 0 Å². The molecule has 0 aromatic rings. The molecule has 1 amide bonds. The van der Waals surface area contributed by atoms with Gasteiger partial charge in [-0.3, -0.25) is 4.79 Å². The summed E-state index contributed by atoms with van der Waals surface area (Å²) < 4.78 is 0. The Morgan fingerprint density at radius 2 is 2.06 bits per heavy atom. The van der Waals surface area contributed by atoms with Crippen molar-refractivity contribution in [2.24, 2.45) is 5.92 Å². The molecule has 5 heteroatoms. The van der Waals surface area contributed by atoms with Gasteiger partial charge in [-0.2, -0.15) is 0 Å². The smallest absolute Gasteiger partial charge is 0.235 e. The van der Waals surface area contributed by atoms with Gasteiger partial charge in [0.05, 0.1) is 5.25 Å². The molecule has 1 fully saturated rings. The summed E-state index contributed by atoms with van der Waals surface area (Å²) in [4.78, 5) is 13.9. The number of hydrogen-bond acceptors (Lipinski definition) is 4. The zero-order valence-electron chi connectivity index (χ0n) is 10.1. The molecule has 1 heterocycles. The minimum atomic E-state index is 0.00657. The van der Waals surface area contributed by atoms with Crippen LogP contribution in [0.5, 0.6) is 0 Å². The van der Waals surface area contributed by atoms with Crippen molar-refractivity contribution in [2.45, 2.75) is 19.1 Å². The fourth-order valence-corrected chi connectivity index (χ4v) is 2.59.